The Morgan fingerprint density at radius 1 is 1.24 bits per heavy atom. The quantitative estimate of drug-likeness (QED) is 0.856. The third-order valence-corrected chi connectivity index (χ3v) is 4.18. The first-order valence-electron chi connectivity index (χ1n) is 4.92. The average Bonchev–Trinajstić information content (AvgIpc) is 2.77. The first-order chi connectivity index (χ1) is 8.24. The van der Waals surface area contributed by atoms with E-state index in [1.165, 1.54) is 11.3 Å². The molecule has 0 saturated carbocycles. The summed E-state index contributed by atoms with van der Waals surface area (Å²) in [5, 5.41) is 11.2. The van der Waals surface area contributed by atoms with Gasteiger partial charge >= 0.3 is 0 Å². The van der Waals surface area contributed by atoms with E-state index in [1.807, 2.05) is 41.8 Å². The SMILES string of the molecule is N#C/C(=C(/N)c1sccc1Br)c1ccccc1. The van der Waals surface area contributed by atoms with Gasteiger partial charge in [-0.2, -0.15) is 5.26 Å². The molecule has 0 aliphatic carbocycles. The van der Waals surface area contributed by atoms with Crippen molar-refractivity contribution in [2.75, 3.05) is 0 Å². The summed E-state index contributed by atoms with van der Waals surface area (Å²) in [5.74, 6) is 0. The summed E-state index contributed by atoms with van der Waals surface area (Å²) in [6.07, 6.45) is 0. The molecule has 2 nitrogen and oxygen atoms in total. The van der Waals surface area contributed by atoms with Crippen LogP contribution in [0, 0.1) is 11.3 Å². The van der Waals surface area contributed by atoms with E-state index in [1.54, 1.807) is 0 Å². The van der Waals surface area contributed by atoms with Crippen LogP contribution in [-0.4, -0.2) is 0 Å². The predicted octanol–water partition coefficient (Wildman–Crippen LogP) is 3.86. The Balaban J connectivity index is 2.57. The van der Waals surface area contributed by atoms with Crippen LogP contribution in [0.5, 0.6) is 0 Å². The average molecular weight is 305 g/mol. The van der Waals surface area contributed by atoms with Gasteiger partial charge in [-0.1, -0.05) is 30.3 Å². The standard InChI is InChI=1S/C13H9BrN2S/c14-11-6-7-17-13(11)12(16)10(8-15)9-4-2-1-3-5-9/h1-7H,16H2/b12-10-. The summed E-state index contributed by atoms with van der Waals surface area (Å²) in [5.41, 5.74) is 7.93. The molecule has 0 bridgehead atoms. The Labute approximate surface area is 112 Å². The van der Waals surface area contributed by atoms with Crippen molar-refractivity contribution in [1.29, 1.82) is 5.26 Å². The maximum absolute atomic E-state index is 9.24. The molecular weight excluding hydrogens is 296 g/mol. The summed E-state index contributed by atoms with van der Waals surface area (Å²) >= 11 is 4.94. The molecule has 0 aliphatic rings. The zero-order chi connectivity index (χ0) is 12.3. The number of thiophene rings is 1. The van der Waals surface area contributed by atoms with Crippen molar-refractivity contribution in [2.45, 2.75) is 0 Å². The van der Waals surface area contributed by atoms with Gasteiger partial charge in [0.25, 0.3) is 0 Å². The molecule has 84 valence electrons. The second kappa shape index (κ2) is 5.17. The number of nitrogens with zero attached hydrogens (tertiary/aromatic N) is 1. The largest absolute Gasteiger partial charge is 0.396 e. The molecule has 0 unspecified atom stereocenters. The van der Waals surface area contributed by atoms with Gasteiger partial charge in [-0.25, -0.2) is 0 Å². The third kappa shape index (κ3) is 2.41. The lowest BCUT2D eigenvalue weighted by atomic mass is 10.0. The van der Waals surface area contributed by atoms with Gasteiger partial charge in [0.05, 0.1) is 16.1 Å². The van der Waals surface area contributed by atoms with Crippen molar-refractivity contribution in [3.63, 3.8) is 0 Å². The summed E-state index contributed by atoms with van der Waals surface area (Å²) in [4.78, 5) is 0.894. The maximum Gasteiger partial charge on any atom is 0.102 e. The molecule has 2 aromatic rings. The van der Waals surface area contributed by atoms with E-state index in [9.17, 15) is 5.26 Å². The highest BCUT2D eigenvalue weighted by molar-refractivity contribution is 9.10. The molecule has 0 aliphatic heterocycles. The topological polar surface area (TPSA) is 49.8 Å². The third-order valence-electron chi connectivity index (χ3n) is 2.31. The highest BCUT2D eigenvalue weighted by atomic mass is 79.9. The summed E-state index contributed by atoms with van der Waals surface area (Å²) < 4.78 is 0.920. The fraction of sp³-hybridized carbons (Fsp3) is 0. The lowest BCUT2D eigenvalue weighted by molar-refractivity contribution is 1.50. The smallest absolute Gasteiger partial charge is 0.102 e. The molecule has 2 rings (SSSR count). The van der Waals surface area contributed by atoms with Crippen molar-refractivity contribution in [1.82, 2.24) is 0 Å². The van der Waals surface area contributed by atoms with Crippen LogP contribution in [0.2, 0.25) is 0 Å². The molecule has 0 spiro atoms. The van der Waals surface area contributed by atoms with Crippen LogP contribution in [0.4, 0.5) is 0 Å². The number of rotatable bonds is 2. The molecule has 1 heterocycles. The molecule has 0 amide bonds. The zero-order valence-electron chi connectivity index (χ0n) is 8.85. The van der Waals surface area contributed by atoms with Crippen LogP contribution < -0.4 is 5.73 Å². The minimum atomic E-state index is 0.508. The summed E-state index contributed by atoms with van der Waals surface area (Å²) in [6, 6.07) is 13.6. The highest BCUT2D eigenvalue weighted by Crippen LogP contribution is 2.31. The molecular formula is C13H9BrN2S. The van der Waals surface area contributed by atoms with E-state index in [0.717, 1.165) is 14.9 Å². The molecule has 4 heteroatoms. The molecule has 2 N–H and O–H groups in total. The van der Waals surface area contributed by atoms with Crippen LogP contribution in [0.1, 0.15) is 10.4 Å². The van der Waals surface area contributed by atoms with Crippen LogP contribution >= 0.6 is 27.3 Å². The van der Waals surface area contributed by atoms with Crippen molar-refractivity contribution >= 4 is 38.5 Å². The lowest BCUT2D eigenvalue weighted by Crippen LogP contribution is -1.99. The first-order valence-corrected chi connectivity index (χ1v) is 6.60. The second-order valence-corrected chi connectivity index (χ2v) is 5.13. The monoisotopic (exact) mass is 304 g/mol. The second-order valence-electron chi connectivity index (χ2n) is 3.36. The van der Waals surface area contributed by atoms with Crippen LogP contribution in [0.3, 0.4) is 0 Å². The van der Waals surface area contributed by atoms with Gasteiger partial charge in [-0.3, -0.25) is 0 Å². The molecule has 1 aromatic carbocycles. The number of allylic oxidation sites excluding steroid dienone is 1. The van der Waals surface area contributed by atoms with Gasteiger partial charge in [0.15, 0.2) is 0 Å². The number of nitriles is 1. The van der Waals surface area contributed by atoms with Crippen molar-refractivity contribution < 1.29 is 0 Å². The van der Waals surface area contributed by atoms with E-state index in [-0.39, 0.29) is 0 Å². The predicted molar refractivity (Wildman–Crippen MR) is 75.1 cm³/mol. The summed E-state index contributed by atoms with van der Waals surface area (Å²) in [6.45, 7) is 0. The van der Waals surface area contributed by atoms with E-state index in [2.05, 4.69) is 22.0 Å². The fourth-order valence-electron chi connectivity index (χ4n) is 1.48. The molecule has 0 fully saturated rings. The first kappa shape index (κ1) is 11.9. The van der Waals surface area contributed by atoms with Crippen molar-refractivity contribution in [2.24, 2.45) is 5.73 Å². The number of hydrogen-bond acceptors (Lipinski definition) is 3. The van der Waals surface area contributed by atoms with Crippen LogP contribution in [-0.2, 0) is 0 Å². The van der Waals surface area contributed by atoms with Gasteiger partial charge in [-0.05, 0) is 32.9 Å². The summed E-state index contributed by atoms with van der Waals surface area (Å²) in [7, 11) is 0. The Morgan fingerprint density at radius 3 is 2.47 bits per heavy atom. The molecule has 0 saturated heterocycles. The van der Waals surface area contributed by atoms with Gasteiger partial charge in [0.2, 0.25) is 0 Å². The Bertz CT molecular complexity index is 593. The molecule has 0 atom stereocenters. The molecule has 0 radical (unpaired) electrons. The van der Waals surface area contributed by atoms with Crippen LogP contribution in [0.15, 0.2) is 46.3 Å². The maximum atomic E-state index is 9.24. The van der Waals surface area contributed by atoms with E-state index >= 15 is 0 Å². The van der Waals surface area contributed by atoms with Gasteiger partial charge in [0.1, 0.15) is 6.07 Å². The van der Waals surface area contributed by atoms with E-state index < -0.39 is 0 Å². The Kier molecular flexibility index (Phi) is 3.62. The van der Waals surface area contributed by atoms with E-state index in [0.29, 0.717) is 11.3 Å². The lowest BCUT2D eigenvalue weighted by Gasteiger charge is -2.04. The Morgan fingerprint density at radius 2 is 1.94 bits per heavy atom. The molecule has 1 aromatic heterocycles. The van der Waals surface area contributed by atoms with Gasteiger partial charge < -0.3 is 5.73 Å². The van der Waals surface area contributed by atoms with Crippen molar-refractivity contribution in [3.05, 3.63) is 56.7 Å². The number of benzene rings is 1. The van der Waals surface area contributed by atoms with Gasteiger partial charge in [0, 0.05) is 4.47 Å². The Hall–Kier alpha value is -1.57. The normalized spacial score (nSPS) is 11.8. The number of hydrogen-bond donors (Lipinski definition) is 1. The van der Waals surface area contributed by atoms with Gasteiger partial charge in [-0.15, -0.1) is 11.3 Å². The molecule has 17 heavy (non-hydrogen) atoms. The van der Waals surface area contributed by atoms with Crippen molar-refractivity contribution in [3.8, 4) is 6.07 Å². The van der Waals surface area contributed by atoms with Crippen LogP contribution in [0.25, 0.3) is 11.3 Å². The van der Waals surface area contributed by atoms with E-state index in [4.69, 9.17) is 5.73 Å². The highest BCUT2D eigenvalue weighted by Gasteiger charge is 2.11. The zero-order valence-corrected chi connectivity index (χ0v) is 11.3. The number of halogens is 1. The minimum Gasteiger partial charge on any atom is -0.396 e. The fourth-order valence-corrected chi connectivity index (χ4v) is 3.04. The minimum absolute atomic E-state index is 0.508. The number of nitrogens with two attached hydrogens (primary N) is 1.